The molecule has 0 radical (unpaired) electrons. The van der Waals surface area contributed by atoms with E-state index in [0.717, 1.165) is 46.3 Å². The highest BCUT2D eigenvalue weighted by Gasteiger charge is 2.62. The number of nitrogens with zero attached hydrogens (tertiary/aromatic N) is 2. The van der Waals surface area contributed by atoms with E-state index in [4.69, 9.17) is 0 Å². The fourth-order valence-corrected chi connectivity index (χ4v) is 6.03. The Hall–Kier alpha value is -2.57. The molecule has 1 spiro atoms. The largest absolute Gasteiger partial charge is 0.355 e. The van der Waals surface area contributed by atoms with Gasteiger partial charge in [-0.2, -0.15) is 0 Å². The highest BCUT2D eigenvalue weighted by atomic mass is 79.9. The van der Waals surface area contributed by atoms with E-state index in [-0.39, 0.29) is 11.0 Å². The van der Waals surface area contributed by atoms with Crippen LogP contribution in [0.15, 0.2) is 70.9 Å². The van der Waals surface area contributed by atoms with E-state index in [2.05, 4.69) is 64.5 Å². The number of rotatable bonds is 8. The minimum atomic E-state index is -0.105. The highest BCUT2D eigenvalue weighted by Crippen LogP contribution is 2.71. The molecule has 0 amide bonds. The number of fused-ring (bicyclic) bond motifs is 1. The molecule has 0 aliphatic heterocycles. The second-order valence-electron chi connectivity index (χ2n) is 9.74. The maximum Gasteiger partial charge on any atom is 0.279 e. The van der Waals surface area contributed by atoms with Crippen molar-refractivity contribution in [2.45, 2.75) is 44.6 Å². The van der Waals surface area contributed by atoms with Gasteiger partial charge in [-0.1, -0.05) is 32.2 Å². The number of aromatic amines is 1. The molecule has 2 aliphatic rings. The fourth-order valence-electron chi connectivity index (χ4n) is 5.51. The summed E-state index contributed by atoms with van der Waals surface area (Å²) in [6.45, 7) is 12.1. The third kappa shape index (κ3) is 3.60. The van der Waals surface area contributed by atoms with Gasteiger partial charge in [0.1, 0.15) is 5.52 Å². The molecule has 2 aliphatic carbocycles. The van der Waals surface area contributed by atoms with Crippen LogP contribution in [0.2, 0.25) is 0 Å². The van der Waals surface area contributed by atoms with Gasteiger partial charge >= 0.3 is 0 Å². The van der Waals surface area contributed by atoms with Crippen LogP contribution in [-0.4, -0.2) is 28.0 Å². The lowest BCUT2D eigenvalue weighted by atomic mass is 9.55. The average Bonchev–Trinajstić information content (AvgIpc) is 3.48. The zero-order valence-corrected chi connectivity index (χ0v) is 21.0. The summed E-state index contributed by atoms with van der Waals surface area (Å²) >= 11 is 3.69. The number of aromatic nitrogens is 2. The van der Waals surface area contributed by atoms with Gasteiger partial charge in [0.15, 0.2) is 0 Å². The molecule has 0 saturated heterocycles. The summed E-state index contributed by atoms with van der Waals surface area (Å²) in [5, 5.41) is 4.22. The van der Waals surface area contributed by atoms with Gasteiger partial charge in [-0.25, -0.2) is 0 Å². The fraction of sp³-hybridized carbons (Fsp3) is 0.370. The summed E-state index contributed by atoms with van der Waals surface area (Å²) in [5.74, 6) is 0. The molecule has 0 bridgehead atoms. The number of allylic oxidation sites excluding steroid dienone is 1. The van der Waals surface area contributed by atoms with E-state index in [1.165, 1.54) is 18.4 Å². The van der Waals surface area contributed by atoms with Crippen molar-refractivity contribution < 1.29 is 0 Å². The number of benzene rings is 1. The van der Waals surface area contributed by atoms with Crippen LogP contribution in [0.5, 0.6) is 0 Å². The minimum Gasteiger partial charge on any atom is -0.355 e. The predicted octanol–water partition coefficient (Wildman–Crippen LogP) is 5.59. The van der Waals surface area contributed by atoms with Gasteiger partial charge in [0.05, 0.1) is 0 Å². The normalized spacial score (nSPS) is 17.7. The molecule has 2 N–H and O–H groups in total. The Kier molecular flexibility index (Phi) is 5.41. The maximum absolute atomic E-state index is 13.5. The lowest BCUT2D eigenvalue weighted by Crippen LogP contribution is -2.47. The third-order valence-electron chi connectivity index (χ3n) is 7.61. The Morgan fingerprint density at radius 3 is 2.76 bits per heavy atom. The first kappa shape index (κ1) is 22.2. The molecule has 0 atom stereocenters. The smallest absolute Gasteiger partial charge is 0.279 e. The second-order valence-corrected chi connectivity index (χ2v) is 10.6. The molecule has 33 heavy (non-hydrogen) atoms. The van der Waals surface area contributed by atoms with Crippen molar-refractivity contribution in [1.82, 2.24) is 19.8 Å². The van der Waals surface area contributed by atoms with Gasteiger partial charge in [0.25, 0.3) is 5.56 Å². The first-order valence-electron chi connectivity index (χ1n) is 11.6. The number of hydrogen-bond acceptors (Lipinski definition) is 3. The molecule has 2 aromatic heterocycles. The number of nitrogens with one attached hydrogen (secondary N) is 2. The van der Waals surface area contributed by atoms with Gasteiger partial charge in [0, 0.05) is 52.1 Å². The van der Waals surface area contributed by atoms with Crippen LogP contribution in [0, 0.1) is 5.41 Å². The third-order valence-corrected chi connectivity index (χ3v) is 8.24. The molecule has 6 heteroatoms. The SMILES string of the molecule is C=CN(C)C(=C)C1(c2cccc(-n3cc(Br)c4cc(CNCC)[nH]c4c3=O)c2)CC2(CC2)C1. The van der Waals surface area contributed by atoms with E-state index in [1.54, 1.807) is 4.57 Å². The number of likely N-dealkylation sites (N-methyl/N-ethyl adjacent to an activating group) is 1. The first-order chi connectivity index (χ1) is 15.8. The molecule has 5 nitrogen and oxygen atoms in total. The number of halogens is 1. The lowest BCUT2D eigenvalue weighted by Gasteiger charge is -2.52. The van der Waals surface area contributed by atoms with Crippen LogP contribution in [0.4, 0.5) is 0 Å². The van der Waals surface area contributed by atoms with Gasteiger partial charge in [0.2, 0.25) is 0 Å². The highest BCUT2D eigenvalue weighted by molar-refractivity contribution is 9.10. The van der Waals surface area contributed by atoms with Gasteiger partial charge < -0.3 is 15.2 Å². The van der Waals surface area contributed by atoms with Crippen molar-refractivity contribution in [3.63, 3.8) is 0 Å². The monoisotopic (exact) mass is 506 g/mol. The summed E-state index contributed by atoms with van der Waals surface area (Å²) in [5.41, 5.74) is 5.13. The second kappa shape index (κ2) is 8.03. The Balaban J connectivity index is 1.58. The summed E-state index contributed by atoms with van der Waals surface area (Å²) < 4.78 is 2.63. The molecular formula is C27H31BrN4O. The molecule has 172 valence electrons. The van der Waals surface area contributed by atoms with E-state index in [0.29, 0.717) is 17.5 Å². The van der Waals surface area contributed by atoms with E-state index >= 15 is 0 Å². The van der Waals surface area contributed by atoms with Crippen molar-refractivity contribution in [3.05, 3.63) is 87.7 Å². The Morgan fingerprint density at radius 1 is 1.33 bits per heavy atom. The van der Waals surface area contributed by atoms with Crippen molar-refractivity contribution in [2.75, 3.05) is 13.6 Å². The zero-order valence-electron chi connectivity index (χ0n) is 19.4. The summed E-state index contributed by atoms with van der Waals surface area (Å²) in [6.07, 6.45) is 8.56. The predicted molar refractivity (Wildman–Crippen MR) is 139 cm³/mol. The van der Waals surface area contributed by atoms with Gasteiger partial charge in [-0.15, -0.1) is 0 Å². The molecular weight excluding hydrogens is 476 g/mol. The Morgan fingerprint density at radius 2 is 2.09 bits per heavy atom. The number of H-pyrrole nitrogens is 1. The maximum atomic E-state index is 13.5. The number of hydrogen-bond donors (Lipinski definition) is 2. The lowest BCUT2D eigenvalue weighted by molar-refractivity contribution is 0.131. The summed E-state index contributed by atoms with van der Waals surface area (Å²) in [7, 11) is 2.02. The van der Waals surface area contributed by atoms with Crippen LogP contribution < -0.4 is 10.9 Å². The summed E-state index contributed by atoms with van der Waals surface area (Å²) in [6, 6.07) is 10.5. The van der Waals surface area contributed by atoms with E-state index in [1.807, 2.05) is 36.5 Å². The zero-order chi connectivity index (χ0) is 23.4. The molecule has 5 rings (SSSR count). The van der Waals surface area contributed by atoms with Crippen molar-refractivity contribution in [3.8, 4) is 5.69 Å². The molecule has 2 fully saturated rings. The Bertz CT molecular complexity index is 1310. The van der Waals surface area contributed by atoms with Crippen LogP contribution in [0.1, 0.15) is 43.9 Å². The van der Waals surface area contributed by atoms with E-state index in [9.17, 15) is 4.79 Å². The number of pyridine rings is 1. The summed E-state index contributed by atoms with van der Waals surface area (Å²) in [4.78, 5) is 18.8. The van der Waals surface area contributed by atoms with Crippen molar-refractivity contribution in [2.24, 2.45) is 5.41 Å². The molecule has 2 heterocycles. The van der Waals surface area contributed by atoms with Crippen LogP contribution in [-0.2, 0) is 12.0 Å². The molecule has 3 aromatic rings. The Labute approximate surface area is 203 Å². The van der Waals surface area contributed by atoms with Gasteiger partial charge in [-0.3, -0.25) is 9.36 Å². The topological polar surface area (TPSA) is 53.1 Å². The standard InChI is InChI=1S/C27H31BrN4O/c1-5-29-14-20-13-22-23(28)15-32(25(33)24(22)30-20)21-9-7-8-19(12-21)27(18(3)31(4)6-2)16-26(17-27)10-11-26/h6-9,12-13,15,29-30H,2-3,5,10-11,14,16-17H2,1,4H3. The van der Waals surface area contributed by atoms with Gasteiger partial charge in [-0.05, 0) is 83.5 Å². The van der Waals surface area contributed by atoms with Crippen molar-refractivity contribution in [1.29, 1.82) is 0 Å². The molecule has 2 saturated carbocycles. The van der Waals surface area contributed by atoms with Crippen LogP contribution in [0.25, 0.3) is 16.6 Å². The quantitative estimate of drug-likeness (QED) is 0.418. The minimum absolute atomic E-state index is 0.0449. The van der Waals surface area contributed by atoms with Crippen LogP contribution >= 0.6 is 15.9 Å². The van der Waals surface area contributed by atoms with Crippen LogP contribution in [0.3, 0.4) is 0 Å². The average molecular weight is 507 g/mol. The first-order valence-corrected chi connectivity index (χ1v) is 12.4. The molecule has 0 unspecified atom stereocenters. The van der Waals surface area contributed by atoms with E-state index < -0.39 is 0 Å². The van der Waals surface area contributed by atoms with Crippen molar-refractivity contribution >= 4 is 26.8 Å². The molecule has 1 aromatic carbocycles.